The Morgan fingerprint density at radius 2 is 1.65 bits per heavy atom. The van der Waals surface area contributed by atoms with Gasteiger partial charge in [0.15, 0.2) is 11.5 Å². The van der Waals surface area contributed by atoms with Gasteiger partial charge in [-0.15, -0.1) is 0 Å². The van der Waals surface area contributed by atoms with Gasteiger partial charge in [0.05, 0.1) is 33.8 Å². The Kier molecular flexibility index (Phi) is 5.66. The van der Waals surface area contributed by atoms with E-state index in [-0.39, 0.29) is 18.4 Å². The molecule has 0 radical (unpaired) electrons. The van der Waals surface area contributed by atoms with E-state index in [1.54, 1.807) is 21.3 Å². The third kappa shape index (κ3) is 4.10. The normalized spacial score (nSPS) is 14.4. The summed E-state index contributed by atoms with van der Waals surface area (Å²) in [7, 11) is 4.70. The van der Waals surface area contributed by atoms with Crippen LogP contribution in [0.1, 0.15) is 30.0 Å². The molecule has 0 unspecified atom stereocenters. The van der Waals surface area contributed by atoms with Crippen LogP contribution in [0.4, 0.5) is 0 Å². The van der Waals surface area contributed by atoms with Crippen molar-refractivity contribution in [2.75, 3.05) is 21.3 Å². The zero-order valence-corrected chi connectivity index (χ0v) is 15.5. The lowest BCUT2D eigenvalue weighted by molar-refractivity contribution is -0.121. The molecule has 1 saturated carbocycles. The average Bonchev–Trinajstić information content (AvgIpc) is 3.51. The molecule has 26 heavy (non-hydrogen) atoms. The van der Waals surface area contributed by atoms with Crippen molar-refractivity contribution in [3.8, 4) is 17.2 Å². The van der Waals surface area contributed by atoms with Crippen molar-refractivity contribution < 1.29 is 19.0 Å². The predicted octanol–water partition coefficient (Wildman–Crippen LogP) is 3.52. The lowest BCUT2D eigenvalue weighted by atomic mass is 10.0. The molecule has 0 heterocycles. The second-order valence-corrected chi connectivity index (χ2v) is 6.50. The van der Waals surface area contributed by atoms with E-state index in [0.29, 0.717) is 23.2 Å². The van der Waals surface area contributed by atoms with Crippen LogP contribution in [0, 0.1) is 5.92 Å². The molecular formula is C21H25NO4. The summed E-state index contributed by atoms with van der Waals surface area (Å²) in [6.07, 6.45) is 2.57. The summed E-state index contributed by atoms with van der Waals surface area (Å²) in [4.78, 5) is 12.7. The van der Waals surface area contributed by atoms with Gasteiger partial charge in [-0.25, -0.2) is 0 Å². The van der Waals surface area contributed by atoms with Crippen LogP contribution in [0.2, 0.25) is 0 Å². The largest absolute Gasteiger partial charge is 0.493 e. The number of rotatable bonds is 8. The lowest BCUT2D eigenvalue weighted by Crippen LogP contribution is -2.31. The van der Waals surface area contributed by atoms with Crippen LogP contribution >= 0.6 is 0 Å². The molecule has 0 aromatic heterocycles. The number of amides is 1. The molecule has 1 aliphatic rings. The maximum absolute atomic E-state index is 12.7. The number of hydrogen-bond acceptors (Lipinski definition) is 4. The topological polar surface area (TPSA) is 56.8 Å². The molecule has 138 valence electrons. The fourth-order valence-corrected chi connectivity index (χ4v) is 3.21. The first-order valence-corrected chi connectivity index (χ1v) is 8.79. The molecule has 5 heteroatoms. The summed E-state index contributed by atoms with van der Waals surface area (Å²) in [5.74, 6) is 2.15. The zero-order valence-electron chi connectivity index (χ0n) is 15.5. The highest BCUT2D eigenvalue weighted by molar-refractivity contribution is 5.79. The summed E-state index contributed by atoms with van der Waals surface area (Å²) < 4.78 is 16.1. The second kappa shape index (κ2) is 8.13. The highest BCUT2D eigenvalue weighted by atomic mass is 16.5. The van der Waals surface area contributed by atoms with Crippen LogP contribution in [-0.4, -0.2) is 27.2 Å². The average molecular weight is 355 g/mol. The molecule has 1 N–H and O–H groups in total. The van der Waals surface area contributed by atoms with Gasteiger partial charge >= 0.3 is 0 Å². The molecule has 1 atom stereocenters. The number of nitrogens with one attached hydrogen (secondary N) is 1. The van der Waals surface area contributed by atoms with E-state index < -0.39 is 0 Å². The van der Waals surface area contributed by atoms with Crippen LogP contribution in [-0.2, 0) is 11.2 Å². The molecule has 0 spiro atoms. The van der Waals surface area contributed by atoms with Crippen molar-refractivity contribution in [2.45, 2.75) is 25.3 Å². The fraction of sp³-hybridized carbons (Fsp3) is 0.381. The van der Waals surface area contributed by atoms with Gasteiger partial charge in [-0.1, -0.05) is 30.3 Å². The van der Waals surface area contributed by atoms with Crippen LogP contribution in [0.5, 0.6) is 17.2 Å². The first kappa shape index (κ1) is 18.1. The lowest BCUT2D eigenvalue weighted by Gasteiger charge is -2.19. The number of carbonyl (C=O) groups is 1. The highest BCUT2D eigenvalue weighted by Gasteiger charge is 2.33. The minimum absolute atomic E-state index is 0.0139. The molecule has 1 amide bonds. The van der Waals surface area contributed by atoms with Crippen molar-refractivity contribution in [1.82, 2.24) is 5.32 Å². The summed E-state index contributed by atoms with van der Waals surface area (Å²) in [6, 6.07) is 13.9. The van der Waals surface area contributed by atoms with Gasteiger partial charge < -0.3 is 19.5 Å². The standard InChI is InChI=1S/C21H25NO4/c1-24-17-11-14(12-18(25-2)21(17)26-3)13-19(23)22-20(16-9-10-16)15-7-5-4-6-8-15/h4-8,11-12,16,20H,9-10,13H2,1-3H3,(H,22,23)/t20-/m0/s1. The Bertz CT molecular complexity index is 731. The van der Waals surface area contributed by atoms with Gasteiger partial charge in [0.2, 0.25) is 11.7 Å². The minimum Gasteiger partial charge on any atom is -0.493 e. The number of benzene rings is 2. The van der Waals surface area contributed by atoms with Crippen molar-refractivity contribution in [1.29, 1.82) is 0 Å². The summed E-state index contributed by atoms with van der Waals surface area (Å²) in [6.45, 7) is 0. The van der Waals surface area contributed by atoms with Crippen LogP contribution in [0.3, 0.4) is 0 Å². The van der Waals surface area contributed by atoms with Crippen molar-refractivity contribution >= 4 is 5.91 Å². The van der Waals surface area contributed by atoms with Crippen molar-refractivity contribution in [3.05, 3.63) is 53.6 Å². The third-order valence-corrected chi connectivity index (χ3v) is 4.66. The van der Waals surface area contributed by atoms with Gasteiger partial charge in [-0.05, 0) is 42.0 Å². The van der Waals surface area contributed by atoms with Gasteiger partial charge in [-0.2, -0.15) is 0 Å². The maximum Gasteiger partial charge on any atom is 0.224 e. The third-order valence-electron chi connectivity index (χ3n) is 4.66. The fourth-order valence-electron chi connectivity index (χ4n) is 3.21. The molecule has 3 rings (SSSR count). The van der Waals surface area contributed by atoms with E-state index in [1.165, 1.54) is 0 Å². The summed E-state index contributed by atoms with van der Waals surface area (Å²) in [5.41, 5.74) is 1.98. The van der Waals surface area contributed by atoms with Crippen LogP contribution in [0.15, 0.2) is 42.5 Å². The van der Waals surface area contributed by atoms with E-state index in [1.807, 2.05) is 30.3 Å². The zero-order chi connectivity index (χ0) is 18.5. The predicted molar refractivity (Wildman–Crippen MR) is 99.9 cm³/mol. The molecular weight excluding hydrogens is 330 g/mol. The molecule has 1 fully saturated rings. The number of ether oxygens (including phenoxy) is 3. The van der Waals surface area contributed by atoms with Gasteiger partial charge in [0, 0.05) is 0 Å². The first-order chi connectivity index (χ1) is 12.7. The molecule has 0 saturated heterocycles. The van der Waals surface area contributed by atoms with E-state index in [4.69, 9.17) is 14.2 Å². The van der Waals surface area contributed by atoms with E-state index in [9.17, 15) is 4.79 Å². The first-order valence-electron chi connectivity index (χ1n) is 8.79. The van der Waals surface area contributed by atoms with E-state index in [0.717, 1.165) is 24.0 Å². The summed E-state index contributed by atoms with van der Waals surface area (Å²) in [5, 5.41) is 3.20. The molecule has 1 aliphatic carbocycles. The van der Waals surface area contributed by atoms with E-state index >= 15 is 0 Å². The number of hydrogen-bond donors (Lipinski definition) is 1. The Morgan fingerprint density at radius 3 is 2.15 bits per heavy atom. The molecule has 0 bridgehead atoms. The van der Waals surface area contributed by atoms with E-state index in [2.05, 4.69) is 17.4 Å². The van der Waals surface area contributed by atoms with Crippen molar-refractivity contribution in [2.24, 2.45) is 5.92 Å². The van der Waals surface area contributed by atoms with Gasteiger partial charge in [0.1, 0.15) is 0 Å². The van der Waals surface area contributed by atoms with Crippen LogP contribution < -0.4 is 19.5 Å². The number of carbonyl (C=O) groups excluding carboxylic acids is 1. The monoisotopic (exact) mass is 355 g/mol. The molecule has 0 aliphatic heterocycles. The molecule has 2 aromatic carbocycles. The molecule has 5 nitrogen and oxygen atoms in total. The Hall–Kier alpha value is -2.69. The van der Waals surface area contributed by atoms with Crippen LogP contribution in [0.25, 0.3) is 0 Å². The molecule has 2 aromatic rings. The summed E-state index contributed by atoms with van der Waals surface area (Å²) >= 11 is 0. The smallest absolute Gasteiger partial charge is 0.224 e. The van der Waals surface area contributed by atoms with Crippen molar-refractivity contribution in [3.63, 3.8) is 0 Å². The maximum atomic E-state index is 12.7. The Morgan fingerprint density at radius 1 is 1.04 bits per heavy atom. The minimum atomic E-state index is -0.0139. The highest BCUT2D eigenvalue weighted by Crippen LogP contribution is 2.41. The quantitative estimate of drug-likeness (QED) is 0.787. The Balaban J connectivity index is 1.75. The van der Waals surface area contributed by atoms with Gasteiger partial charge in [-0.3, -0.25) is 4.79 Å². The number of methoxy groups -OCH3 is 3. The second-order valence-electron chi connectivity index (χ2n) is 6.50. The van der Waals surface area contributed by atoms with Gasteiger partial charge in [0.25, 0.3) is 0 Å². The SMILES string of the molecule is COc1cc(CC(=O)N[C@@H](c2ccccc2)C2CC2)cc(OC)c1OC. The Labute approximate surface area is 154 Å².